The number of carboxylic acid groups (broad SMARTS) is 1. The van der Waals surface area contributed by atoms with Gasteiger partial charge in [0.05, 0.1) is 5.56 Å². The van der Waals surface area contributed by atoms with Crippen molar-refractivity contribution in [2.24, 2.45) is 0 Å². The van der Waals surface area contributed by atoms with Crippen molar-refractivity contribution in [1.29, 1.82) is 0 Å². The van der Waals surface area contributed by atoms with E-state index < -0.39 is 13.8 Å². The largest absolute Gasteiger partial charge is 0.524 e. The number of phosphoric ester groups is 1. The monoisotopic (exact) mass is 444 g/mol. The maximum absolute atomic E-state index is 11.9. The van der Waals surface area contributed by atoms with Crippen LogP contribution in [-0.2, 0) is 4.57 Å². The van der Waals surface area contributed by atoms with E-state index in [1.54, 1.807) is 12.1 Å². The van der Waals surface area contributed by atoms with Crippen LogP contribution in [0, 0.1) is 0 Å². The van der Waals surface area contributed by atoms with Gasteiger partial charge in [0, 0.05) is 33.5 Å². The molecule has 2 aromatic rings. The number of benzene rings is 3. The summed E-state index contributed by atoms with van der Waals surface area (Å²) in [4.78, 5) is 42.3. The molecule has 0 amide bonds. The minimum absolute atomic E-state index is 0.0170. The zero-order valence-corrected chi connectivity index (χ0v) is 16.8. The third-order valence-corrected chi connectivity index (χ3v) is 5.12. The van der Waals surface area contributed by atoms with E-state index in [-0.39, 0.29) is 28.1 Å². The number of phosphoric acid groups is 1. The zero-order valence-electron chi connectivity index (χ0n) is 15.0. The van der Waals surface area contributed by atoms with E-state index in [0.717, 1.165) is 0 Å². The van der Waals surface area contributed by atoms with Gasteiger partial charge in [-0.05, 0) is 48.0 Å². The first-order valence-corrected chi connectivity index (χ1v) is 10.4. The van der Waals surface area contributed by atoms with Crippen molar-refractivity contribution in [3.63, 3.8) is 0 Å². The van der Waals surface area contributed by atoms with Crippen LogP contribution >= 0.6 is 20.5 Å². The first-order valence-electron chi connectivity index (χ1n) is 8.45. The molecule has 8 nitrogen and oxygen atoms in total. The molecule has 0 fully saturated rings. The Morgan fingerprint density at radius 2 is 1.77 bits per heavy atom. The van der Waals surface area contributed by atoms with Gasteiger partial charge < -0.3 is 14.0 Å². The highest BCUT2D eigenvalue weighted by atomic mass is 32.1. The van der Waals surface area contributed by atoms with E-state index >= 15 is 0 Å². The molecule has 0 saturated carbocycles. The molecule has 2 aliphatic rings. The first-order chi connectivity index (χ1) is 14.1. The third-order valence-electron chi connectivity index (χ3n) is 4.39. The molecule has 0 unspecified atom stereocenters. The van der Waals surface area contributed by atoms with Crippen LogP contribution in [0.3, 0.4) is 0 Å². The molecule has 2 aromatic carbocycles. The molecule has 0 atom stereocenters. The number of rotatable bonds is 4. The molecule has 0 radical (unpaired) electrons. The van der Waals surface area contributed by atoms with Gasteiger partial charge in [-0.3, -0.25) is 14.6 Å². The molecule has 4 rings (SSSR count). The lowest BCUT2D eigenvalue weighted by Crippen LogP contribution is -2.03. The summed E-state index contributed by atoms with van der Waals surface area (Å²) in [6.07, 6.45) is 0. The SMILES string of the molecule is O=C(O)c1ccc(S)cc1-c1c2ccc(=O)cc-2oc2cc(OP(=O)(O)O)ccc12. The quantitative estimate of drug-likeness (QED) is 0.211. The maximum atomic E-state index is 11.9. The second-order valence-electron chi connectivity index (χ2n) is 6.41. The number of hydrogen-bond donors (Lipinski definition) is 4. The molecule has 30 heavy (non-hydrogen) atoms. The molecule has 0 saturated heterocycles. The van der Waals surface area contributed by atoms with Crippen molar-refractivity contribution in [1.82, 2.24) is 0 Å². The molecule has 0 bridgehead atoms. The van der Waals surface area contributed by atoms with Gasteiger partial charge in [-0.15, -0.1) is 12.6 Å². The lowest BCUT2D eigenvalue weighted by Gasteiger charge is -2.17. The molecular formula is C20H13O8PS. The number of fused-ring (bicyclic) bond motifs is 2. The van der Waals surface area contributed by atoms with Crippen LogP contribution in [0.15, 0.2) is 68.7 Å². The maximum Gasteiger partial charge on any atom is 0.524 e. The van der Waals surface area contributed by atoms with Gasteiger partial charge in [0.2, 0.25) is 0 Å². The fourth-order valence-electron chi connectivity index (χ4n) is 3.26. The van der Waals surface area contributed by atoms with E-state index in [2.05, 4.69) is 17.2 Å². The summed E-state index contributed by atoms with van der Waals surface area (Å²) in [5.74, 6) is -1.12. The molecule has 0 spiro atoms. The van der Waals surface area contributed by atoms with Gasteiger partial charge in [0.1, 0.15) is 17.1 Å². The van der Waals surface area contributed by atoms with Crippen LogP contribution in [-0.4, -0.2) is 20.9 Å². The number of carboxylic acids is 1. The van der Waals surface area contributed by atoms with E-state index in [1.165, 1.54) is 42.5 Å². The van der Waals surface area contributed by atoms with Gasteiger partial charge in [0.25, 0.3) is 0 Å². The Labute approximate surface area is 174 Å². The fourth-order valence-corrected chi connectivity index (χ4v) is 3.85. The van der Waals surface area contributed by atoms with Crippen LogP contribution in [0.25, 0.3) is 33.4 Å². The van der Waals surface area contributed by atoms with Crippen molar-refractivity contribution in [3.8, 4) is 28.2 Å². The standard InChI is InChI=1S/C20H13O8PS/c21-10-1-4-14-17(7-10)27-18-8-11(28-29(24,25)26)2-5-15(18)19(14)16-9-12(30)3-6-13(16)20(22)23/h1-9,30H,(H,22,23)(H2,24,25,26). The van der Waals surface area contributed by atoms with Crippen molar-refractivity contribution in [2.45, 2.75) is 4.90 Å². The van der Waals surface area contributed by atoms with Crippen molar-refractivity contribution in [2.75, 3.05) is 0 Å². The van der Waals surface area contributed by atoms with Crippen molar-refractivity contribution >= 4 is 37.4 Å². The van der Waals surface area contributed by atoms with Gasteiger partial charge >= 0.3 is 13.8 Å². The summed E-state index contributed by atoms with van der Waals surface area (Å²) >= 11 is 4.32. The van der Waals surface area contributed by atoms with Crippen LogP contribution < -0.4 is 9.95 Å². The number of thiol groups is 1. The Kier molecular flexibility index (Phi) is 4.91. The molecule has 1 heterocycles. The Morgan fingerprint density at radius 3 is 2.47 bits per heavy atom. The zero-order chi connectivity index (χ0) is 21.6. The molecule has 10 heteroatoms. The number of hydrogen-bond acceptors (Lipinski definition) is 6. The average Bonchev–Trinajstić information content (AvgIpc) is 2.64. The van der Waals surface area contributed by atoms with Crippen molar-refractivity contribution in [3.05, 3.63) is 70.4 Å². The predicted octanol–water partition coefficient (Wildman–Crippen LogP) is 4.02. The van der Waals surface area contributed by atoms with Crippen molar-refractivity contribution < 1.29 is 33.2 Å². The van der Waals surface area contributed by atoms with E-state index in [4.69, 9.17) is 14.2 Å². The highest BCUT2D eigenvalue weighted by Gasteiger charge is 2.23. The Morgan fingerprint density at radius 1 is 1.00 bits per heavy atom. The molecule has 1 aliphatic heterocycles. The lowest BCUT2D eigenvalue weighted by atomic mass is 9.91. The summed E-state index contributed by atoms with van der Waals surface area (Å²) in [6, 6.07) is 12.8. The Bertz CT molecular complexity index is 1390. The van der Waals surface area contributed by atoms with Crippen LogP contribution in [0.2, 0.25) is 0 Å². The van der Waals surface area contributed by atoms with Gasteiger partial charge in [-0.2, -0.15) is 0 Å². The second-order valence-corrected chi connectivity index (χ2v) is 8.09. The minimum atomic E-state index is -4.80. The third kappa shape index (κ3) is 3.83. The van der Waals surface area contributed by atoms with Gasteiger partial charge in [-0.25, -0.2) is 9.36 Å². The molecule has 1 aliphatic carbocycles. The van der Waals surface area contributed by atoms with Crippen LogP contribution in [0.1, 0.15) is 10.4 Å². The van der Waals surface area contributed by atoms with E-state index in [9.17, 15) is 19.3 Å². The molecule has 152 valence electrons. The van der Waals surface area contributed by atoms with Gasteiger partial charge in [0.15, 0.2) is 5.43 Å². The van der Waals surface area contributed by atoms with E-state index in [1.807, 2.05) is 0 Å². The molecular weight excluding hydrogens is 431 g/mol. The molecule has 0 aromatic heterocycles. The summed E-state index contributed by atoms with van der Waals surface area (Å²) in [5.41, 5.74) is 1.16. The summed E-state index contributed by atoms with van der Waals surface area (Å²) < 4.78 is 21.6. The summed E-state index contributed by atoms with van der Waals surface area (Å²) in [7, 11) is -4.80. The fraction of sp³-hybridized carbons (Fsp3) is 0. The highest BCUT2D eigenvalue weighted by Crippen LogP contribution is 2.44. The average molecular weight is 444 g/mol. The topological polar surface area (TPSA) is 134 Å². The summed E-state index contributed by atoms with van der Waals surface area (Å²) in [6.45, 7) is 0. The first kappa shape index (κ1) is 20.2. The highest BCUT2D eigenvalue weighted by molar-refractivity contribution is 7.80. The second kappa shape index (κ2) is 7.30. The minimum Gasteiger partial charge on any atom is -0.478 e. The number of aromatic carboxylic acids is 1. The predicted molar refractivity (Wildman–Crippen MR) is 111 cm³/mol. The molecule has 3 N–H and O–H groups in total. The van der Waals surface area contributed by atoms with Crippen LogP contribution in [0.5, 0.6) is 5.75 Å². The van der Waals surface area contributed by atoms with Gasteiger partial charge in [-0.1, -0.05) is 0 Å². The smallest absolute Gasteiger partial charge is 0.478 e. The lowest BCUT2D eigenvalue weighted by molar-refractivity contribution is 0.0697. The Hall–Kier alpha value is -3.10. The number of carbonyl (C=O) groups is 1. The summed E-state index contributed by atoms with van der Waals surface area (Å²) in [5, 5.41) is 10.1. The van der Waals surface area contributed by atoms with Crippen LogP contribution in [0.4, 0.5) is 0 Å². The Balaban J connectivity index is 2.12. The van der Waals surface area contributed by atoms with E-state index in [0.29, 0.717) is 27.0 Å². The normalized spacial score (nSPS) is 11.7.